The Morgan fingerprint density at radius 3 is 2.63 bits per heavy atom. The van der Waals surface area contributed by atoms with E-state index in [4.69, 9.17) is 4.74 Å². The molecule has 2 saturated heterocycles. The van der Waals surface area contributed by atoms with Crippen LogP contribution in [0.15, 0.2) is 22.7 Å². The summed E-state index contributed by atoms with van der Waals surface area (Å²) in [5.74, 6) is 1.67. The molecular formula is C24H36BrN3O2. The first kappa shape index (κ1) is 21.9. The number of urea groups is 1. The van der Waals surface area contributed by atoms with Gasteiger partial charge >= 0.3 is 6.03 Å². The van der Waals surface area contributed by atoms with E-state index in [1.807, 2.05) is 6.07 Å². The van der Waals surface area contributed by atoms with Crippen LogP contribution in [-0.4, -0.2) is 61.2 Å². The van der Waals surface area contributed by atoms with E-state index in [1.165, 1.54) is 68.1 Å². The number of piperidine rings is 1. The summed E-state index contributed by atoms with van der Waals surface area (Å²) < 4.78 is 6.57. The Morgan fingerprint density at radius 1 is 1.13 bits per heavy atom. The number of halogens is 1. The molecule has 1 saturated carbocycles. The van der Waals surface area contributed by atoms with Crippen molar-refractivity contribution in [2.75, 3.05) is 33.3 Å². The fraction of sp³-hybridized carbons (Fsp3) is 0.708. The SMILES string of the molecule is COc1ccc(Br)c(CC2CCN(CCC3CN(C4CCCCC4)C(=O)N3)CC2)c1. The maximum absolute atomic E-state index is 12.4. The van der Waals surface area contributed by atoms with Gasteiger partial charge in [-0.25, -0.2) is 4.79 Å². The first-order chi connectivity index (χ1) is 14.6. The average molecular weight is 478 g/mol. The van der Waals surface area contributed by atoms with E-state index in [9.17, 15) is 4.79 Å². The van der Waals surface area contributed by atoms with E-state index >= 15 is 0 Å². The first-order valence-electron chi connectivity index (χ1n) is 11.7. The highest BCUT2D eigenvalue weighted by Gasteiger charge is 2.34. The third kappa shape index (κ3) is 5.50. The van der Waals surface area contributed by atoms with Gasteiger partial charge in [-0.05, 0) is 81.3 Å². The molecule has 1 atom stereocenters. The zero-order chi connectivity index (χ0) is 20.9. The molecule has 5 nitrogen and oxygen atoms in total. The topological polar surface area (TPSA) is 44.8 Å². The monoisotopic (exact) mass is 477 g/mol. The van der Waals surface area contributed by atoms with Crippen LogP contribution in [0.5, 0.6) is 5.75 Å². The molecule has 3 fully saturated rings. The summed E-state index contributed by atoms with van der Waals surface area (Å²) in [5, 5.41) is 3.24. The Hall–Kier alpha value is -1.27. The first-order valence-corrected chi connectivity index (χ1v) is 12.5. The van der Waals surface area contributed by atoms with E-state index in [0.29, 0.717) is 12.1 Å². The summed E-state index contributed by atoms with van der Waals surface area (Å²) in [7, 11) is 1.73. The van der Waals surface area contributed by atoms with Crippen LogP contribution in [0.2, 0.25) is 0 Å². The molecule has 0 spiro atoms. The van der Waals surface area contributed by atoms with E-state index in [2.05, 4.69) is 43.2 Å². The van der Waals surface area contributed by atoms with Gasteiger partial charge in [0.25, 0.3) is 0 Å². The Labute approximate surface area is 189 Å². The number of nitrogens with zero attached hydrogens (tertiary/aromatic N) is 2. The minimum atomic E-state index is 0.175. The van der Waals surface area contributed by atoms with Crippen LogP contribution < -0.4 is 10.1 Å². The van der Waals surface area contributed by atoms with Gasteiger partial charge in [-0.1, -0.05) is 35.2 Å². The second-order valence-corrected chi connectivity index (χ2v) is 10.2. The lowest BCUT2D eigenvalue weighted by atomic mass is 9.90. The van der Waals surface area contributed by atoms with Gasteiger partial charge in [0.15, 0.2) is 0 Å². The van der Waals surface area contributed by atoms with Crippen molar-refractivity contribution >= 4 is 22.0 Å². The Bertz CT molecular complexity index is 714. The number of nitrogens with one attached hydrogen (secondary N) is 1. The van der Waals surface area contributed by atoms with Crippen molar-refractivity contribution in [3.05, 3.63) is 28.2 Å². The smallest absolute Gasteiger partial charge is 0.317 e. The van der Waals surface area contributed by atoms with Gasteiger partial charge in [0.2, 0.25) is 0 Å². The number of hydrogen-bond acceptors (Lipinski definition) is 3. The molecule has 30 heavy (non-hydrogen) atoms. The van der Waals surface area contributed by atoms with E-state index in [-0.39, 0.29) is 6.03 Å². The molecule has 0 aromatic heterocycles. The molecule has 1 aromatic carbocycles. The molecule has 2 amide bonds. The van der Waals surface area contributed by atoms with Gasteiger partial charge in [-0.15, -0.1) is 0 Å². The third-order valence-corrected chi connectivity index (χ3v) is 8.06. The molecule has 0 radical (unpaired) electrons. The maximum Gasteiger partial charge on any atom is 0.317 e. The molecule has 4 rings (SSSR count). The number of rotatable bonds is 7. The van der Waals surface area contributed by atoms with Gasteiger partial charge in [-0.3, -0.25) is 0 Å². The molecule has 6 heteroatoms. The van der Waals surface area contributed by atoms with Crippen molar-refractivity contribution in [2.45, 2.75) is 69.9 Å². The number of hydrogen-bond donors (Lipinski definition) is 1. The summed E-state index contributed by atoms with van der Waals surface area (Å²) in [4.78, 5) is 17.1. The lowest BCUT2D eigenvalue weighted by molar-refractivity contribution is 0.171. The normalized spacial score (nSPS) is 24.3. The number of likely N-dealkylation sites (tertiary alicyclic amines) is 1. The molecular weight excluding hydrogens is 442 g/mol. The Balaban J connectivity index is 1.19. The predicted octanol–water partition coefficient (Wildman–Crippen LogP) is 4.83. The van der Waals surface area contributed by atoms with Crippen LogP contribution in [0.25, 0.3) is 0 Å². The number of amides is 2. The number of carbonyl (C=O) groups excluding carboxylic acids is 1. The second kappa shape index (κ2) is 10.4. The number of ether oxygens (including phenoxy) is 1. The van der Waals surface area contributed by atoms with E-state index in [1.54, 1.807) is 7.11 Å². The number of benzene rings is 1. The molecule has 3 aliphatic rings. The van der Waals surface area contributed by atoms with Crippen LogP contribution in [-0.2, 0) is 6.42 Å². The largest absolute Gasteiger partial charge is 0.497 e. The van der Waals surface area contributed by atoms with E-state index < -0.39 is 0 Å². The molecule has 2 aliphatic heterocycles. The van der Waals surface area contributed by atoms with Crippen molar-refractivity contribution in [2.24, 2.45) is 5.92 Å². The molecule has 2 heterocycles. The summed E-state index contributed by atoms with van der Waals surface area (Å²) in [6, 6.07) is 7.25. The Morgan fingerprint density at radius 2 is 1.90 bits per heavy atom. The lowest BCUT2D eigenvalue weighted by Gasteiger charge is -2.33. The summed E-state index contributed by atoms with van der Waals surface area (Å²) >= 11 is 3.69. The van der Waals surface area contributed by atoms with E-state index in [0.717, 1.165) is 37.6 Å². The quantitative estimate of drug-likeness (QED) is 0.611. The zero-order valence-corrected chi connectivity index (χ0v) is 19.8. The van der Waals surface area contributed by atoms with Gasteiger partial charge in [0, 0.05) is 29.6 Å². The van der Waals surface area contributed by atoms with Crippen LogP contribution in [0.1, 0.15) is 56.9 Å². The van der Waals surface area contributed by atoms with Crippen LogP contribution in [0.4, 0.5) is 4.79 Å². The lowest BCUT2D eigenvalue weighted by Crippen LogP contribution is -2.39. The highest BCUT2D eigenvalue weighted by molar-refractivity contribution is 9.10. The second-order valence-electron chi connectivity index (χ2n) is 9.33. The summed E-state index contributed by atoms with van der Waals surface area (Å²) in [6.45, 7) is 4.33. The zero-order valence-electron chi connectivity index (χ0n) is 18.2. The van der Waals surface area contributed by atoms with Crippen molar-refractivity contribution in [1.29, 1.82) is 0 Å². The summed E-state index contributed by atoms with van der Waals surface area (Å²) in [5.41, 5.74) is 1.35. The standard InChI is InChI=1S/C24H36BrN3O2/c1-30-22-7-8-23(25)19(16-22)15-18-9-12-27(13-10-18)14-11-20-17-28(24(29)26-20)21-5-3-2-4-6-21/h7-8,16,18,20-21H,2-6,9-15,17H2,1H3,(H,26,29). The van der Waals surface area contributed by atoms with Crippen molar-refractivity contribution in [3.63, 3.8) is 0 Å². The van der Waals surface area contributed by atoms with Crippen molar-refractivity contribution in [3.8, 4) is 5.75 Å². The minimum absolute atomic E-state index is 0.175. The fourth-order valence-corrected chi connectivity index (χ4v) is 5.80. The third-order valence-electron chi connectivity index (χ3n) is 7.28. The Kier molecular flexibility index (Phi) is 7.58. The maximum atomic E-state index is 12.4. The molecule has 1 N–H and O–H groups in total. The molecule has 0 bridgehead atoms. The van der Waals surface area contributed by atoms with Crippen LogP contribution in [0, 0.1) is 5.92 Å². The minimum Gasteiger partial charge on any atom is -0.497 e. The van der Waals surface area contributed by atoms with Crippen LogP contribution in [0.3, 0.4) is 0 Å². The molecule has 1 unspecified atom stereocenters. The van der Waals surface area contributed by atoms with Gasteiger partial charge in [-0.2, -0.15) is 0 Å². The van der Waals surface area contributed by atoms with Gasteiger partial charge in [0.05, 0.1) is 7.11 Å². The highest BCUT2D eigenvalue weighted by Crippen LogP contribution is 2.29. The molecule has 1 aliphatic carbocycles. The van der Waals surface area contributed by atoms with Crippen molar-refractivity contribution < 1.29 is 9.53 Å². The highest BCUT2D eigenvalue weighted by atomic mass is 79.9. The van der Waals surface area contributed by atoms with Crippen LogP contribution >= 0.6 is 15.9 Å². The van der Waals surface area contributed by atoms with Crippen molar-refractivity contribution in [1.82, 2.24) is 15.1 Å². The predicted molar refractivity (Wildman–Crippen MR) is 124 cm³/mol. The van der Waals surface area contributed by atoms with Gasteiger partial charge < -0.3 is 19.9 Å². The fourth-order valence-electron chi connectivity index (χ4n) is 5.39. The summed E-state index contributed by atoms with van der Waals surface area (Å²) in [6.07, 6.45) is 10.9. The molecule has 166 valence electrons. The van der Waals surface area contributed by atoms with Gasteiger partial charge in [0.1, 0.15) is 5.75 Å². The number of methoxy groups -OCH3 is 1. The average Bonchev–Trinajstić information content (AvgIpc) is 3.16. The number of carbonyl (C=O) groups is 1. The molecule has 1 aromatic rings.